The Kier molecular flexibility index (Phi) is 11.0. The minimum Gasteiger partial charge on any atom is -0.386 e. The third kappa shape index (κ3) is 10.4. The van der Waals surface area contributed by atoms with Crippen LogP contribution in [0.3, 0.4) is 0 Å². The van der Waals surface area contributed by atoms with Gasteiger partial charge in [-0.25, -0.2) is 4.98 Å². The maximum atomic E-state index is 9.73. The van der Waals surface area contributed by atoms with E-state index in [1.54, 1.807) is 11.3 Å². The molecule has 0 saturated carbocycles. The van der Waals surface area contributed by atoms with Crippen LogP contribution in [-0.2, 0) is 32.7 Å². The zero-order chi connectivity index (χ0) is 19.0. The molecule has 2 aromatic rings. The Morgan fingerprint density at radius 3 is 2.56 bits per heavy atom. The number of hydrogen-bond donors (Lipinski definition) is 1. The molecule has 1 aromatic carbocycles. The van der Waals surface area contributed by atoms with Crippen LogP contribution >= 0.6 is 23.1 Å². The van der Waals surface area contributed by atoms with Gasteiger partial charge in [0.2, 0.25) is 0 Å². The Labute approximate surface area is 197 Å². The third-order valence-electron chi connectivity index (χ3n) is 4.16. The zero-order valence-electron chi connectivity index (χ0n) is 16.9. The number of nitrogens with zero attached hydrogens (tertiary/aromatic N) is 1. The van der Waals surface area contributed by atoms with Crippen molar-refractivity contribution in [3.05, 3.63) is 48.6 Å². The van der Waals surface area contributed by atoms with Crippen molar-refractivity contribution >= 4 is 33.3 Å². The number of aliphatic hydroxyl groups is 1. The Hall–Kier alpha value is 0.00390. The maximum Gasteiger partial charge on any atom is 0.151 e. The van der Waals surface area contributed by atoms with E-state index in [1.165, 1.54) is 17.5 Å². The van der Waals surface area contributed by atoms with E-state index in [1.807, 2.05) is 37.8 Å². The minimum atomic E-state index is -0.709. The molecule has 1 heterocycles. The molecule has 0 aliphatic rings. The van der Waals surface area contributed by atoms with Crippen LogP contribution in [0.5, 0.6) is 0 Å². The minimum absolute atomic E-state index is 0. The number of benzene rings is 1. The first-order valence-electron chi connectivity index (χ1n) is 9.29. The van der Waals surface area contributed by atoms with Crippen LogP contribution in [0, 0.1) is 5.41 Å². The van der Waals surface area contributed by atoms with Crippen molar-refractivity contribution in [2.75, 3.05) is 5.75 Å². The van der Waals surface area contributed by atoms with E-state index < -0.39 is 5.60 Å². The van der Waals surface area contributed by atoms with E-state index >= 15 is 0 Å². The summed E-state index contributed by atoms with van der Waals surface area (Å²) in [4.78, 5) is 4.65. The molecule has 5 heteroatoms. The van der Waals surface area contributed by atoms with Crippen LogP contribution in [0.25, 0.3) is 10.2 Å². The molecular formula is C22H31NOS2Y. The maximum absolute atomic E-state index is 9.73. The van der Waals surface area contributed by atoms with Crippen molar-refractivity contribution in [1.82, 2.24) is 4.98 Å². The number of fused-ring (bicyclic) bond motifs is 1. The number of allylic oxidation sites excluding steroid dienone is 2. The molecule has 0 unspecified atom stereocenters. The molecule has 0 amide bonds. The van der Waals surface area contributed by atoms with Gasteiger partial charge >= 0.3 is 0 Å². The number of thiazole rings is 1. The van der Waals surface area contributed by atoms with Crippen LogP contribution in [0.2, 0.25) is 0 Å². The molecule has 1 radical (unpaired) electrons. The van der Waals surface area contributed by atoms with Gasteiger partial charge in [-0.3, -0.25) is 0 Å². The SMILES string of the molecule is CC(C)(O)/C=C\CC(C)(C)CCC/C=C/CSc1nc2ccccc2s1.[Y]. The van der Waals surface area contributed by atoms with E-state index in [0.29, 0.717) is 0 Å². The Morgan fingerprint density at radius 2 is 1.85 bits per heavy atom. The first-order valence-corrected chi connectivity index (χ1v) is 11.1. The van der Waals surface area contributed by atoms with Crippen molar-refractivity contribution in [1.29, 1.82) is 0 Å². The van der Waals surface area contributed by atoms with Crippen molar-refractivity contribution in [2.24, 2.45) is 5.41 Å². The molecule has 145 valence electrons. The molecule has 27 heavy (non-hydrogen) atoms. The molecule has 0 aliphatic carbocycles. The second-order valence-corrected chi connectivity index (χ2v) is 10.3. The summed E-state index contributed by atoms with van der Waals surface area (Å²) in [7, 11) is 0. The summed E-state index contributed by atoms with van der Waals surface area (Å²) < 4.78 is 2.41. The first-order chi connectivity index (χ1) is 12.3. The third-order valence-corrected chi connectivity index (χ3v) is 6.30. The van der Waals surface area contributed by atoms with Gasteiger partial charge in [-0.05, 0) is 57.1 Å². The van der Waals surface area contributed by atoms with Crippen LogP contribution in [0.4, 0.5) is 0 Å². The predicted molar refractivity (Wildman–Crippen MR) is 117 cm³/mol. The Morgan fingerprint density at radius 1 is 1.11 bits per heavy atom. The van der Waals surface area contributed by atoms with Gasteiger partial charge in [-0.15, -0.1) is 11.3 Å². The number of rotatable bonds is 10. The summed E-state index contributed by atoms with van der Waals surface area (Å²) in [5.41, 5.74) is 0.676. The fourth-order valence-electron chi connectivity index (χ4n) is 2.68. The van der Waals surface area contributed by atoms with Gasteiger partial charge < -0.3 is 5.11 Å². The molecule has 1 N–H and O–H groups in total. The molecule has 0 aliphatic heterocycles. The average molecular weight is 479 g/mol. The van der Waals surface area contributed by atoms with Gasteiger partial charge in [0.1, 0.15) is 0 Å². The monoisotopic (exact) mass is 478 g/mol. The van der Waals surface area contributed by atoms with Gasteiger partial charge in [0.25, 0.3) is 0 Å². The molecular weight excluding hydrogens is 447 g/mol. The van der Waals surface area contributed by atoms with Crippen molar-refractivity contribution in [3.63, 3.8) is 0 Å². The van der Waals surface area contributed by atoms with Gasteiger partial charge in [0.15, 0.2) is 4.34 Å². The van der Waals surface area contributed by atoms with Gasteiger partial charge in [-0.2, -0.15) is 0 Å². The van der Waals surface area contributed by atoms with E-state index in [9.17, 15) is 5.11 Å². The summed E-state index contributed by atoms with van der Waals surface area (Å²) >= 11 is 3.58. The van der Waals surface area contributed by atoms with Crippen LogP contribution in [-0.4, -0.2) is 21.4 Å². The summed E-state index contributed by atoms with van der Waals surface area (Å²) in [6, 6.07) is 8.31. The van der Waals surface area contributed by atoms with Crippen molar-refractivity contribution in [3.8, 4) is 0 Å². The first kappa shape index (κ1) is 25.0. The van der Waals surface area contributed by atoms with Crippen molar-refractivity contribution in [2.45, 2.75) is 63.3 Å². The number of para-hydroxylation sites is 1. The van der Waals surface area contributed by atoms with E-state index in [2.05, 4.69) is 55.3 Å². The van der Waals surface area contributed by atoms with Gasteiger partial charge in [0, 0.05) is 38.5 Å². The summed E-state index contributed by atoms with van der Waals surface area (Å²) in [5, 5.41) is 9.73. The Balaban J connectivity index is 0.00000364. The number of thioether (sulfide) groups is 1. The molecule has 2 rings (SSSR count). The molecule has 0 spiro atoms. The molecule has 0 bridgehead atoms. The van der Waals surface area contributed by atoms with Gasteiger partial charge in [0.05, 0.1) is 15.8 Å². The van der Waals surface area contributed by atoms with E-state index in [0.717, 1.165) is 28.5 Å². The summed E-state index contributed by atoms with van der Waals surface area (Å²) in [5.74, 6) is 0.984. The predicted octanol–water partition coefficient (Wildman–Crippen LogP) is 6.86. The number of unbranched alkanes of at least 4 members (excludes halogenated alkanes) is 1. The average Bonchev–Trinajstić information content (AvgIpc) is 2.95. The number of hydrogen-bond acceptors (Lipinski definition) is 4. The fourth-order valence-corrected chi connectivity index (χ4v) is 4.63. The molecule has 0 fully saturated rings. The fraction of sp³-hybridized carbons (Fsp3) is 0.500. The van der Waals surface area contributed by atoms with E-state index in [4.69, 9.17) is 0 Å². The second kappa shape index (κ2) is 11.9. The van der Waals surface area contributed by atoms with Gasteiger partial charge in [-0.1, -0.05) is 62.0 Å². The van der Waals surface area contributed by atoms with Crippen LogP contribution < -0.4 is 0 Å². The molecule has 2 nitrogen and oxygen atoms in total. The normalized spacial score (nSPS) is 12.9. The smallest absolute Gasteiger partial charge is 0.151 e. The van der Waals surface area contributed by atoms with Crippen molar-refractivity contribution < 1.29 is 37.8 Å². The largest absolute Gasteiger partial charge is 0.386 e. The quantitative estimate of drug-likeness (QED) is 0.230. The van der Waals surface area contributed by atoms with Crippen LogP contribution in [0.15, 0.2) is 52.9 Å². The topological polar surface area (TPSA) is 33.1 Å². The summed E-state index contributed by atoms with van der Waals surface area (Å²) in [6.45, 7) is 8.23. The molecule has 0 atom stereocenters. The second-order valence-electron chi connectivity index (χ2n) is 8.05. The number of aromatic nitrogens is 1. The van der Waals surface area contributed by atoms with E-state index in [-0.39, 0.29) is 38.1 Å². The summed E-state index contributed by atoms with van der Waals surface area (Å²) in [6.07, 6.45) is 13.1. The molecule has 1 aromatic heterocycles. The standard InChI is InChI=1S/C22H31NOS2.Y/c1-21(2,15-11-16-22(3,4)24)14-9-5-6-10-17-25-20-23-18-12-7-8-13-19(18)26-20;/h6-8,10-13,16,24H,5,9,14-15,17H2,1-4H3;/b10-6+,16-11-;. The molecule has 0 saturated heterocycles. The Bertz CT molecular complexity index is 711. The zero-order valence-corrected chi connectivity index (χ0v) is 21.4. The van der Waals surface area contributed by atoms with Crippen LogP contribution in [0.1, 0.15) is 53.4 Å².